The number of carbonyl (C=O) groups excluding carboxylic acids is 2. The molecule has 23 heavy (non-hydrogen) atoms. The second kappa shape index (κ2) is 7.65. The quantitative estimate of drug-likeness (QED) is 0.784. The van der Waals surface area contributed by atoms with Gasteiger partial charge in [-0.15, -0.1) is 0 Å². The van der Waals surface area contributed by atoms with Crippen molar-refractivity contribution in [1.29, 1.82) is 0 Å². The molecule has 0 bridgehead atoms. The van der Waals surface area contributed by atoms with Crippen molar-refractivity contribution in [2.24, 2.45) is 5.73 Å². The fourth-order valence-corrected chi connectivity index (χ4v) is 2.36. The minimum absolute atomic E-state index is 0.0679. The average molecular weight is 332 g/mol. The first-order valence-electron chi connectivity index (χ1n) is 7.12. The average Bonchev–Trinajstić information content (AvgIpc) is 2.51. The van der Waals surface area contributed by atoms with Crippen LogP contribution in [-0.4, -0.2) is 11.9 Å². The Morgan fingerprint density at radius 1 is 1.17 bits per heavy atom. The molecule has 0 aliphatic heterocycles. The summed E-state index contributed by atoms with van der Waals surface area (Å²) in [6.45, 7) is 1.89. The molecule has 3 amide bonds. The van der Waals surface area contributed by atoms with E-state index in [9.17, 15) is 9.59 Å². The van der Waals surface area contributed by atoms with E-state index in [1.54, 1.807) is 12.1 Å². The van der Waals surface area contributed by atoms with Crippen LogP contribution >= 0.6 is 11.6 Å². The van der Waals surface area contributed by atoms with Crippen molar-refractivity contribution in [2.75, 3.05) is 5.32 Å². The molecule has 2 aromatic rings. The molecule has 0 heterocycles. The number of benzene rings is 2. The number of hydrogen-bond donors (Lipinski definition) is 3. The van der Waals surface area contributed by atoms with Crippen LogP contribution in [0.15, 0.2) is 48.5 Å². The first-order valence-corrected chi connectivity index (χ1v) is 7.50. The summed E-state index contributed by atoms with van der Waals surface area (Å²) in [4.78, 5) is 23.4. The number of halogens is 1. The number of amides is 3. The number of nitrogens with two attached hydrogens (primary N) is 1. The highest BCUT2D eigenvalue weighted by Gasteiger charge is 2.17. The van der Waals surface area contributed by atoms with Gasteiger partial charge in [0.25, 0.3) is 0 Å². The third-order valence-electron chi connectivity index (χ3n) is 3.36. The molecular formula is C17H18ClN3O2. The molecule has 0 aliphatic rings. The Kier molecular flexibility index (Phi) is 5.60. The lowest BCUT2D eigenvalue weighted by Gasteiger charge is -2.18. The zero-order chi connectivity index (χ0) is 16.8. The van der Waals surface area contributed by atoms with E-state index in [1.807, 2.05) is 43.3 Å². The van der Waals surface area contributed by atoms with Crippen LogP contribution in [-0.2, 0) is 4.79 Å². The monoisotopic (exact) mass is 331 g/mol. The predicted molar refractivity (Wildman–Crippen MR) is 91.3 cm³/mol. The second-order valence-corrected chi connectivity index (χ2v) is 5.60. The number of primary amides is 1. The molecule has 6 heteroatoms. The molecular weight excluding hydrogens is 314 g/mol. The number of anilines is 1. The standard InChI is InChI=1S/C17H18ClN3O2/c1-11-7-8-13(9-14(11)18)20-16(22)10-15(21-17(19)23)12-5-3-2-4-6-12/h2-9,15H,10H2,1H3,(H,20,22)(H3,19,21,23). The number of carbonyl (C=O) groups is 2. The second-order valence-electron chi connectivity index (χ2n) is 5.19. The van der Waals surface area contributed by atoms with Gasteiger partial charge in [0.1, 0.15) is 0 Å². The summed E-state index contributed by atoms with van der Waals surface area (Å²) in [5.74, 6) is -0.243. The maximum absolute atomic E-state index is 12.2. The normalized spacial score (nSPS) is 11.6. The molecule has 120 valence electrons. The summed E-state index contributed by atoms with van der Waals surface area (Å²) < 4.78 is 0. The zero-order valence-electron chi connectivity index (χ0n) is 12.7. The molecule has 4 N–H and O–H groups in total. The smallest absolute Gasteiger partial charge is 0.312 e. The minimum Gasteiger partial charge on any atom is -0.352 e. The van der Waals surface area contributed by atoms with Crippen molar-refractivity contribution in [1.82, 2.24) is 5.32 Å². The van der Waals surface area contributed by atoms with E-state index in [0.717, 1.165) is 11.1 Å². The van der Waals surface area contributed by atoms with Gasteiger partial charge in [-0.3, -0.25) is 4.79 Å². The fourth-order valence-electron chi connectivity index (χ4n) is 2.18. The van der Waals surface area contributed by atoms with Gasteiger partial charge in [0.2, 0.25) is 5.91 Å². The van der Waals surface area contributed by atoms with Gasteiger partial charge in [-0.25, -0.2) is 4.79 Å². The van der Waals surface area contributed by atoms with Crippen LogP contribution in [0, 0.1) is 6.92 Å². The first kappa shape index (κ1) is 16.8. The van der Waals surface area contributed by atoms with Crippen molar-refractivity contribution < 1.29 is 9.59 Å². The number of hydrogen-bond acceptors (Lipinski definition) is 2. The molecule has 2 aromatic carbocycles. The maximum atomic E-state index is 12.2. The maximum Gasteiger partial charge on any atom is 0.312 e. The zero-order valence-corrected chi connectivity index (χ0v) is 13.4. The van der Waals surface area contributed by atoms with Gasteiger partial charge >= 0.3 is 6.03 Å². The van der Waals surface area contributed by atoms with E-state index in [1.165, 1.54) is 0 Å². The molecule has 2 rings (SSSR count). The molecule has 0 aromatic heterocycles. The predicted octanol–water partition coefficient (Wildman–Crippen LogP) is 3.39. The Hall–Kier alpha value is -2.53. The van der Waals surface area contributed by atoms with Crippen LogP contribution in [0.3, 0.4) is 0 Å². The topological polar surface area (TPSA) is 84.2 Å². The molecule has 1 atom stereocenters. The summed E-state index contributed by atoms with van der Waals surface area (Å²) in [6, 6.07) is 13.3. The minimum atomic E-state index is -0.676. The van der Waals surface area contributed by atoms with Crippen LogP contribution in [0.5, 0.6) is 0 Å². The molecule has 0 aliphatic carbocycles. The summed E-state index contributed by atoms with van der Waals surface area (Å²) in [5, 5.41) is 5.93. The Morgan fingerprint density at radius 2 is 1.87 bits per heavy atom. The molecule has 1 unspecified atom stereocenters. The fraction of sp³-hybridized carbons (Fsp3) is 0.176. The Balaban J connectivity index is 2.08. The van der Waals surface area contributed by atoms with Crippen LogP contribution < -0.4 is 16.4 Å². The van der Waals surface area contributed by atoms with Gasteiger partial charge in [-0.05, 0) is 30.2 Å². The van der Waals surface area contributed by atoms with E-state index in [0.29, 0.717) is 10.7 Å². The highest BCUT2D eigenvalue weighted by Crippen LogP contribution is 2.21. The SMILES string of the molecule is Cc1ccc(NC(=O)CC(NC(N)=O)c2ccccc2)cc1Cl. The number of rotatable bonds is 5. The van der Waals surface area contributed by atoms with Gasteiger partial charge in [-0.2, -0.15) is 0 Å². The van der Waals surface area contributed by atoms with Crippen molar-refractivity contribution in [2.45, 2.75) is 19.4 Å². The lowest BCUT2D eigenvalue weighted by atomic mass is 10.0. The van der Waals surface area contributed by atoms with Gasteiger partial charge in [0, 0.05) is 10.7 Å². The lowest BCUT2D eigenvalue weighted by molar-refractivity contribution is -0.116. The van der Waals surface area contributed by atoms with Gasteiger partial charge in [0.15, 0.2) is 0 Å². The molecule has 0 saturated carbocycles. The van der Waals surface area contributed by atoms with Crippen LogP contribution in [0.25, 0.3) is 0 Å². The summed E-state index contributed by atoms with van der Waals surface area (Å²) in [5.41, 5.74) is 7.55. The number of urea groups is 1. The Morgan fingerprint density at radius 3 is 2.48 bits per heavy atom. The molecule has 0 fully saturated rings. The first-order chi connectivity index (χ1) is 11.0. The van der Waals surface area contributed by atoms with Crippen molar-refractivity contribution in [3.8, 4) is 0 Å². The van der Waals surface area contributed by atoms with E-state index < -0.39 is 12.1 Å². The van der Waals surface area contributed by atoms with Gasteiger partial charge in [0.05, 0.1) is 12.5 Å². The largest absolute Gasteiger partial charge is 0.352 e. The summed E-state index contributed by atoms with van der Waals surface area (Å²) in [6.07, 6.45) is 0.0679. The van der Waals surface area contributed by atoms with Gasteiger partial charge < -0.3 is 16.4 Å². The highest BCUT2D eigenvalue weighted by atomic mass is 35.5. The lowest BCUT2D eigenvalue weighted by Crippen LogP contribution is -2.35. The van der Waals surface area contributed by atoms with Crippen molar-refractivity contribution in [3.63, 3.8) is 0 Å². The van der Waals surface area contributed by atoms with Crippen molar-refractivity contribution >= 4 is 29.2 Å². The van der Waals surface area contributed by atoms with Crippen LogP contribution in [0.2, 0.25) is 5.02 Å². The van der Waals surface area contributed by atoms with Crippen molar-refractivity contribution in [3.05, 3.63) is 64.7 Å². The van der Waals surface area contributed by atoms with E-state index in [-0.39, 0.29) is 12.3 Å². The molecule has 0 spiro atoms. The van der Waals surface area contributed by atoms with Crippen LogP contribution in [0.1, 0.15) is 23.6 Å². The Labute approximate surface area is 139 Å². The third kappa shape index (κ3) is 5.00. The van der Waals surface area contributed by atoms with E-state index in [2.05, 4.69) is 10.6 Å². The summed E-state index contributed by atoms with van der Waals surface area (Å²) >= 11 is 6.04. The summed E-state index contributed by atoms with van der Waals surface area (Å²) in [7, 11) is 0. The molecule has 0 radical (unpaired) electrons. The third-order valence-corrected chi connectivity index (χ3v) is 3.77. The van der Waals surface area contributed by atoms with Crippen LogP contribution in [0.4, 0.5) is 10.5 Å². The molecule has 5 nitrogen and oxygen atoms in total. The Bertz CT molecular complexity index is 704. The highest BCUT2D eigenvalue weighted by molar-refractivity contribution is 6.31. The van der Waals surface area contributed by atoms with E-state index in [4.69, 9.17) is 17.3 Å². The number of nitrogens with one attached hydrogen (secondary N) is 2. The van der Waals surface area contributed by atoms with E-state index >= 15 is 0 Å². The number of aryl methyl sites for hydroxylation is 1. The molecule has 0 saturated heterocycles. The van der Waals surface area contributed by atoms with Gasteiger partial charge in [-0.1, -0.05) is 48.0 Å².